The van der Waals surface area contributed by atoms with Gasteiger partial charge < -0.3 is 15.8 Å². The zero-order chi connectivity index (χ0) is 12.1. The molecule has 0 aliphatic rings. The van der Waals surface area contributed by atoms with E-state index in [1.165, 1.54) is 0 Å². The standard InChI is InChI=1S/C12H11N3O2/c13-12(16)15-9-5-1-2-6-10(9)17-11-7-3-4-8-14-11/h1-8H,(H3,13,15,16). The van der Waals surface area contributed by atoms with Crippen LogP contribution in [0.3, 0.4) is 0 Å². The number of amides is 2. The summed E-state index contributed by atoms with van der Waals surface area (Å²) in [5, 5.41) is 2.48. The summed E-state index contributed by atoms with van der Waals surface area (Å²) in [7, 11) is 0. The van der Waals surface area contributed by atoms with Crippen molar-refractivity contribution in [1.29, 1.82) is 0 Å². The van der Waals surface area contributed by atoms with Crippen LogP contribution in [-0.2, 0) is 0 Å². The highest BCUT2D eigenvalue weighted by Gasteiger charge is 2.05. The number of anilines is 1. The van der Waals surface area contributed by atoms with Gasteiger partial charge in [-0.2, -0.15) is 0 Å². The van der Waals surface area contributed by atoms with E-state index in [0.717, 1.165) is 0 Å². The first-order valence-corrected chi connectivity index (χ1v) is 5.00. The van der Waals surface area contributed by atoms with Crippen molar-refractivity contribution in [1.82, 2.24) is 4.98 Å². The molecule has 1 aromatic carbocycles. The molecule has 0 radical (unpaired) electrons. The van der Waals surface area contributed by atoms with Crippen LogP contribution in [0, 0.1) is 0 Å². The van der Waals surface area contributed by atoms with Gasteiger partial charge >= 0.3 is 6.03 Å². The third-order valence-electron chi connectivity index (χ3n) is 2.00. The molecule has 2 rings (SSSR count). The van der Waals surface area contributed by atoms with E-state index in [4.69, 9.17) is 10.5 Å². The molecule has 5 nitrogen and oxygen atoms in total. The minimum absolute atomic E-state index is 0.450. The normalized spacial score (nSPS) is 9.65. The Balaban J connectivity index is 2.23. The molecule has 0 aliphatic heterocycles. The van der Waals surface area contributed by atoms with Crippen LogP contribution < -0.4 is 15.8 Å². The van der Waals surface area contributed by atoms with Crippen molar-refractivity contribution in [2.24, 2.45) is 5.73 Å². The Kier molecular flexibility index (Phi) is 3.20. The number of aromatic nitrogens is 1. The number of nitrogens with zero attached hydrogens (tertiary/aromatic N) is 1. The molecule has 1 heterocycles. The van der Waals surface area contributed by atoms with Crippen LogP contribution in [0.2, 0.25) is 0 Å². The number of ether oxygens (including phenoxy) is 1. The molecule has 0 unspecified atom stereocenters. The fourth-order valence-electron chi connectivity index (χ4n) is 1.31. The number of urea groups is 1. The Morgan fingerprint density at radius 2 is 1.94 bits per heavy atom. The van der Waals surface area contributed by atoms with Gasteiger partial charge in [-0.1, -0.05) is 18.2 Å². The first kappa shape index (κ1) is 10.9. The highest BCUT2D eigenvalue weighted by molar-refractivity contribution is 5.89. The molecule has 0 atom stereocenters. The molecule has 0 aliphatic carbocycles. The lowest BCUT2D eigenvalue weighted by molar-refractivity contribution is 0.259. The fourth-order valence-corrected chi connectivity index (χ4v) is 1.31. The number of carbonyl (C=O) groups excluding carboxylic acids is 1. The van der Waals surface area contributed by atoms with E-state index in [1.807, 2.05) is 6.07 Å². The summed E-state index contributed by atoms with van der Waals surface area (Å²) in [4.78, 5) is 14.8. The van der Waals surface area contributed by atoms with E-state index in [1.54, 1.807) is 42.6 Å². The monoisotopic (exact) mass is 229 g/mol. The van der Waals surface area contributed by atoms with Crippen molar-refractivity contribution in [3.8, 4) is 11.6 Å². The molecule has 0 bridgehead atoms. The number of hydrogen-bond acceptors (Lipinski definition) is 3. The van der Waals surface area contributed by atoms with Gasteiger partial charge in [-0.3, -0.25) is 0 Å². The summed E-state index contributed by atoms with van der Waals surface area (Å²) in [6, 6.07) is 11.7. The predicted octanol–water partition coefficient (Wildman–Crippen LogP) is 2.36. The summed E-state index contributed by atoms with van der Waals surface area (Å²) < 4.78 is 5.53. The molecule has 0 spiro atoms. The van der Waals surface area contributed by atoms with Gasteiger partial charge in [-0.05, 0) is 18.2 Å². The third-order valence-corrected chi connectivity index (χ3v) is 2.00. The van der Waals surface area contributed by atoms with Gasteiger partial charge in [0.25, 0.3) is 0 Å². The molecule has 0 saturated heterocycles. The third kappa shape index (κ3) is 2.94. The number of pyridine rings is 1. The highest BCUT2D eigenvalue weighted by Crippen LogP contribution is 2.27. The Morgan fingerprint density at radius 3 is 2.65 bits per heavy atom. The first-order chi connectivity index (χ1) is 8.25. The maximum Gasteiger partial charge on any atom is 0.316 e. The van der Waals surface area contributed by atoms with E-state index in [2.05, 4.69) is 10.3 Å². The molecule has 0 fully saturated rings. The molecule has 2 aromatic rings. The van der Waals surface area contributed by atoms with Crippen LogP contribution in [0.15, 0.2) is 48.7 Å². The Hall–Kier alpha value is -2.56. The second-order valence-corrected chi connectivity index (χ2v) is 3.26. The van der Waals surface area contributed by atoms with E-state index in [-0.39, 0.29) is 0 Å². The van der Waals surface area contributed by atoms with Gasteiger partial charge in [-0.25, -0.2) is 9.78 Å². The van der Waals surface area contributed by atoms with Crippen LogP contribution in [0.4, 0.5) is 10.5 Å². The maximum atomic E-state index is 10.8. The number of hydrogen-bond donors (Lipinski definition) is 2. The summed E-state index contributed by atoms with van der Waals surface area (Å²) >= 11 is 0. The Labute approximate surface area is 98.2 Å². The van der Waals surface area contributed by atoms with Crippen molar-refractivity contribution in [2.45, 2.75) is 0 Å². The average Bonchev–Trinajstić information content (AvgIpc) is 2.32. The number of para-hydroxylation sites is 2. The smallest absolute Gasteiger partial charge is 0.316 e. The van der Waals surface area contributed by atoms with Crippen molar-refractivity contribution >= 4 is 11.7 Å². The number of nitrogens with one attached hydrogen (secondary N) is 1. The quantitative estimate of drug-likeness (QED) is 0.848. The predicted molar refractivity (Wildman–Crippen MR) is 64.0 cm³/mol. The number of primary amides is 1. The number of benzene rings is 1. The second-order valence-electron chi connectivity index (χ2n) is 3.26. The SMILES string of the molecule is NC(=O)Nc1ccccc1Oc1ccccn1. The molecule has 0 saturated carbocycles. The molecule has 5 heteroatoms. The van der Waals surface area contributed by atoms with Crippen molar-refractivity contribution in [3.05, 3.63) is 48.7 Å². The highest BCUT2D eigenvalue weighted by atomic mass is 16.5. The van der Waals surface area contributed by atoms with E-state index in [0.29, 0.717) is 17.3 Å². The molecule has 2 amide bonds. The lowest BCUT2D eigenvalue weighted by atomic mass is 10.3. The number of rotatable bonds is 3. The lowest BCUT2D eigenvalue weighted by Crippen LogP contribution is -2.19. The molecule has 3 N–H and O–H groups in total. The number of nitrogens with two attached hydrogens (primary N) is 1. The summed E-state index contributed by atoms with van der Waals surface area (Å²) in [5.74, 6) is 0.941. The van der Waals surface area contributed by atoms with Crippen molar-refractivity contribution < 1.29 is 9.53 Å². The van der Waals surface area contributed by atoms with Crippen LogP contribution in [0.25, 0.3) is 0 Å². The van der Waals surface area contributed by atoms with E-state index < -0.39 is 6.03 Å². The van der Waals surface area contributed by atoms with Crippen LogP contribution in [0.5, 0.6) is 11.6 Å². The van der Waals surface area contributed by atoms with Gasteiger partial charge in [0.15, 0.2) is 5.75 Å². The zero-order valence-corrected chi connectivity index (χ0v) is 8.96. The molecule has 17 heavy (non-hydrogen) atoms. The summed E-state index contributed by atoms with van der Waals surface area (Å²) in [5.41, 5.74) is 5.57. The minimum Gasteiger partial charge on any atom is -0.437 e. The Bertz CT molecular complexity index is 514. The van der Waals surface area contributed by atoms with Crippen LogP contribution in [-0.4, -0.2) is 11.0 Å². The minimum atomic E-state index is -0.637. The van der Waals surface area contributed by atoms with Gasteiger partial charge in [0, 0.05) is 12.3 Å². The molecular formula is C12H11N3O2. The molecule has 86 valence electrons. The van der Waals surface area contributed by atoms with Gasteiger partial charge in [-0.15, -0.1) is 0 Å². The zero-order valence-electron chi connectivity index (χ0n) is 8.96. The topological polar surface area (TPSA) is 77.2 Å². The maximum absolute atomic E-state index is 10.8. The van der Waals surface area contributed by atoms with E-state index in [9.17, 15) is 4.79 Å². The summed E-state index contributed by atoms with van der Waals surface area (Å²) in [6.07, 6.45) is 1.62. The van der Waals surface area contributed by atoms with Crippen LogP contribution in [0.1, 0.15) is 0 Å². The first-order valence-electron chi connectivity index (χ1n) is 5.00. The Morgan fingerprint density at radius 1 is 1.18 bits per heavy atom. The lowest BCUT2D eigenvalue weighted by Gasteiger charge is -2.09. The largest absolute Gasteiger partial charge is 0.437 e. The van der Waals surface area contributed by atoms with Crippen molar-refractivity contribution in [3.63, 3.8) is 0 Å². The molecular weight excluding hydrogens is 218 g/mol. The second kappa shape index (κ2) is 4.98. The molecule has 1 aromatic heterocycles. The average molecular weight is 229 g/mol. The van der Waals surface area contributed by atoms with Gasteiger partial charge in [0.2, 0.25) is 5.88 Å². The summed E-state index contributed by atoms with van der Waals surface area (Å²) in [6.45, 7) is 0. The van der Waals surface area contributed by atoms with Crippen molar-refractivity contribution in [2.75, 3.05) is 5.32 Å². The van der Waals surface area contributed by atoms with Crippen LogP contribution >= 0.6 is 0 Å². The van der Waals surface area contributed by atoms with E-state index >= 15 is 0 Å². The van der Waals surface area contributed by atoms with Gasteiger partial charge in [0.05, 0.1) is 5.69 Å². The fraction of sp³-hybridized carbons (Fsp3) is 0. The van der Waals surface area contributed by atoms with Gasteiger partial charge in [0.1, 0.15) is 0 Å². The number of carbonyl (C=O) groups is 1.